The summed E-state index contributed by atoms with van der Waals surface area (Å²) >= 11 is 7.38. The van der Waals surface area contributed by atoms with E-state index in [4.69, 9.17) is 17.3 Å². The SMILES string of the molecule is C[C@@H]1CC[C@@H](C(N)=O)CN1C(=O)CCc1ccc(Cl)s1. The van der Waals surface area contributed by atoms with Gasteiger partial charge in [0.15, 0.2) is 0 Å². The Hall–Kier alpha value is -1.07. The molecule has 0 aromatic carbocycles. The van der Waals surface area contributed by atoms with Gasteiger partial charge in [-0.05, 0) is 38.3 Å². The highest BCUT2D eigenvalue weighted by Gasteiger charge is 2.31. The normalized spacial score (nSPS) is 22.8. The first-order valence-electron chi connectivity index (χ1n) is 6.80. The monoisotopic (exact) mass is 314 g/mol. The predicted molar refractivity (Wildman–Crippen MR) is 80.7 cm³/mol. The van der Waals surface area contributed by atoms with Crippen molar-refractivity contribution in [2.45, 2.75) is 38.6 Å². The topological polar surface area (TPSA) is 63.4 Å². The number of hydrogen-bond donors (Lipinski definition) is 1. The Kier molecular flexibility index (Phi) is 5.05. The molecule has 0 saturated carbocycles. The van der Waals surface area contributed by atoms with E-state index in [-0.39, 0.29) is 23.8 Å². The molecule has 2 rings (SSSR count). The Morgan fingerprint density at radius 1 is 1.45 bits per heavy atom. The highest BCUT2D eigenvalue weighted by molar-refractivity contribution is 7.16. The van der Waals surface area contributed by atoms with E-state index in [1.54, 1.807) is 4.90 Å². The molecule has 0 bridgehead atoms. The Labute approximate surface area is 127 Å². The third-order valence-electron chi connectivity index (χ3n) is 3.82. The number of nitrogens with zero attached hydrogens (tertiary/aromatic N) is 1. The summed E-state index contributed by atoms with van der Waals surface area (Å²) in [6.45, 7) is 2.48. The summed E-state index contributed by atoms with van der Waals surface area (Å²) in [6.07, 6.45) is 2.76. The van der Waals surface area contributed by atoms with Crippen molar-refractivity contribution in [1.29, 1.82) is 0 Å². The molecule has 4 nitrogen and oxygen atoms in total. The number of carbonyl (C=O) groups excluding carboxylic acids is 2. The van der Waals surface area contributed by atoms with Crippen molar-refractivity contribution < 1.29 is 9.59 Å². The number of rotatable bonds is 4. The van der Waals surface area contributed by atoms with Crippen LogP contribution in [0.2, 0.25) is 4.34 Å². The van der Waals surface area contributed by atoms with Crippen LogP contribution in [0.1, 0.15) is 31.1 Å². The van der Waals surface area contributed by atoms with Gasteiger partial charge in [-0.3, -0.25) is 9.59 Å². The van der Waals surface area contributed by atoms with Crippen molar-refractivity contribution in [2.24, 2.45) is 11.7 Å². The zero-order valence-electron chi connectivity index (χ0n) is 11.5. The minimum Gasteiger partial charge on any atom is -0.369 e. The molecule has 0 unspecified atom stereocenters. The second-order valence-electron chi connectivity index (χ2n) is 5.28. The number of likely N-dealkylation sites (tertiary alicyclic amines) is 1. The Morgan fingerprint density at radius 3 is 2.80 bits per heavy atom. The number of hydrogen-bond acceptors (Lipinski definition) is 3. The van der Waals surface area contributed by atoms with Gasteiger partial charge in [-0.1, -0.05) is 11.6 Å². The van der Waals surface area contributed by atoms with Gasteiger partial charge in [-0.15, -0.1) is 11.3 Å². The van der Waals surface area contributed by atoms with Crippen molar-refractivity contribution in [1.82, 2.24) is 4.90 Å². The van der Waals surface area contributed by atoms with Crippen molar-refractivity contribution in [3.63, 3.8) is 0 Å². The molecule has 1 saturated heterocycles. The number of thiophene rings is 1. The highest BCUT2D eigenvalue weighted by atomic mass is 35.5. The molecule has 6 heteroatoms. The molecule has 1 aliphatic rings. The summed E-state index contributed by atoms with van der Waals surface area (Å²) in [5.74, 6) is -0.418. The second kappa shape index (κ2) is 6.59. The van der Waals surface area contributed by atoms with Crippen LogP contribution < -0.4 is 5.73 Å². The van der Waals surface area contributed by atoms with Gasteiger partial charge >= 0.3 is 0 Å². The number of aryl methyl sites for hydroxylation is 1. The molecule has 1 aromatic heterocycles. The summed E-state index contributed by atoms with van der Waals surface area (Å²) in [4.78, 5) is 26.5. The van der Waals surface area contributed by atoms with Crippen molar-refractivity contribution in [3.8, 4) is 0 Å². The molecular formula is C14H19ClN2O2S. The lowest BCUT2D eigenvalue weighted by Crippen LogP contribution is -2.48. The van der Waals surface area contributed by atoms with Gasteiger partial charge in [-0.25, -0.2) is 0 Å². The molecule has 0 radical (unpaired) electrons. The van der Waals surface area contributed by atoms with Crippen LogP contribution in [0.3, 0.4) is 0 Å². The van der Waals surface area contributed by atoms with E-state index in [0.717, 1.165) is 22.1 Å². The van der Waals surface area contributed by atoms with Crippen LogP contribution in [0, 0.1) is 5.92 Å². The summed E-state index contributed by atoms with van der Waals surface area (Å²) in [5, 5.41) is 0. The number of halogens is 1. The molecule has 2 heterocycles. The minimum absolute atomic E-state index is 0.0907. The standard InChI is InChI=1S/C14H19ClN2O2S/c1-9-2-3-10(14(16)19)8-17(9)13(18)7-5-11-4-6-12(15)20-11/h4,6,9-10H,2-3,5,7-8H2,1H3,(H2,16,19)/t9-,10-/m1/s1. The van der Waals surface area contributed by atoms with Crippen molar-refractivity contribution in [3.05, 3.63) is 21.3 Å². The maximum absolute atomic E-state index is 12.3. The minimum atomic E-state index is -0.306. The average Bonchev–Trinajstić information content (AvgIpc) is 2.82. The van der Waals surface area contributed by atoms with Gasteiger partial charge in [0.25, 0.3) is 0 Å². The molecule has 1 aliphatic heterocycles. The zero-order chi connectivity index (χ0) is 14.7. The number of amides is 2. The lowest BCUT2D eigenvalue weighted by atomic mass is 9.92. The summed E-state index contributed by atoms with van der Waals surface area (Å²) in [6, 6.07) is 3.98. The maximum atomic E-state index is 12.3. The fourth-order valence-electron chi connectivity index (χ4n) is 2.55. The third-order valence-corrected chi connectivity index (χ3v) is 5.11. The first-order chi connectivity index (χ1) is 9.47. The molecule has 0 spiro atoms. The van der Waals surface area contributed by atoms with E-state index in [9.17, 15) is 9.59 Å². The van der Waals surface area contributed by atoms with Gasteiger partial charge in [0.2, 0.25) is 11.8 Å². The van der Waals surface area contributed by atoms with Crippen LogP contribution in [0.25, 0.3) is 0 Å². The fraction of sp³-hybridized carbons (Fsp3) is 0.571. The Bertz CT molecular complexity index is 503. The van der Waals surface area contributed by atoms with Gasteiger partial charge in [-0.2, -0.15) is 0 Å². The molecule has 1 aromatic rings. The number of primary amides is 1. The first-order valence-corrected chi connectivity index (χ1v) is 8.00. The third kappa shape index (κ3) is 3.73. The Balaban J connectivity index is 1.91. The van der Waals surface area contributed by atoms with Crippen molar-refractivity contribution in [2.75, 3.05) is 6.54 Å². The lowest BCUT2D eigenvalue weighted by molar-refractivity contribution is -0.137. The smallest absolute Gasteiger partial charge is 0.223 e. The molecule has 2 amide bonds. The lowest BCUT2D eigenvalue weighted by Gasteiger charge is -2.37. The van der Waals surface area contributed by atoms with E-state index in [1.165, 1.54) is 11.3 Å². The molecule has 110 valence electrons. The summed E-state index contributed by atoms with van der Waals surface area (Å²) in [5.41, 5.74) is 5.35. The van der Waals surface area contributed by atoms with E-state index in [0.29, 0.717) is 19.4 Å². The average molecular weight is 315 g/mol. The summed E-state index contributed by atoms with van der Waals surface area (Å²) in [7, 11) is 0. The van der Waals surface area contributed by atoms with Crippen LogP contribution in [-0.4, -0.2) is 29.3 Å². The molecule has 2 atom stereocenters. The quantitative estimate of drug-likeness (QED) is 0.927. The van der Waals surface area contributed by atoms with Gasteiger partial charge in [0.05, 0.1) is 10.3 Å². The zero-order valence-corrected chi connectivity index (χ0v) is 13.0. The number of carbonyl (C=O) groups is 2. The maximum Gasteiger partial charge on any atom is 0.223 e. The van der Waals surface area contributed by atoms with Crippen LogP contribution in [-0.2, 0) is 16.0 Å². The van der Waals surface area contributed by atoms with E-state index >= 15 is 0 Å². The van der Waals surface area contributed by atoms with Crippen LogP contribution in [0.4, 0.5) is 0 Å². The largest absolute Gasteiger partial charge is 0.369 e. The van der Waals surface area contributed by atoms with Crippen LogP contribution >= 0.6 is 22.9 Å². The predicted octanol–water partition coefficient (Wildman–Crippen LogP) is 2.45. The molecule has 0 aliphatic carbocycles. The van der Waals surface area contributed by atoms with Gasteiger partial charge < -0.3 is 10.6 Å². The van der Waals surface area contributed by atoms with Gasteiger partial charge in [0, 0.05) is 23.9 Å². The van der Waals surface area contributed by atoms with E-state index in [2.05, 4.69) is 0 Å². The number of nitrogens with two attached hydrogens (primary N) is 1. The summed E-state index contributed by atoms with van der Waals surface area (Å²) < 4.78 is 0.743. The molecular weight excluding hydrogens is 296 g/mol. The Morgan fingerprint density at radius 2 is 2.20 bits per heavy atom. The molecule has 1 fully saturated rings. The number of piperidine rings is 1. The van der Waals surface area contributed by atoms with E-state index in [1.807, 2.05) is 19.1 Å². The van der Waals surface area contributed by atoms with Crippen LogP contribution in [0.15, 0.2) is 12.1 Å². The first kappa shape index (κ1) is 15.3. The molecule has 2 N–H and O–H groups in total. The second-order valence-corrected chi connectivity index (χ2v) is 7.08. The molecule has 20 heavy (non-hydrogen) atoms. The fourth-order valence-corrected chi connectivity index (χ4v) is 3.63. The van der Waals surface area contributed by atoms with Crippen molar-refractivity contribution >= 4 is 34.8 Å². The van der Waals surface area contributed by atoms with Crippen LogP contribution in [0.5, 0.6) is 0 Å². The van der Waals surface area contributed by atoms with Gasteiger partial charge in [0.1, 0.15) is 0 Å². The van der Waals surface area contributed by atoms with E-state index < -0.39 is 0 Å². The highest BCUT2D eigenvalue weighted by Crippen LogP contribution is 2.25.